The predicted molar refractivity (Wildman–Crippen MR) is 91.5 cm³/mol. The molecule has 28 heavy (non-hydrogen) atoms. The fourth-order valence-corrected chi connectivity index (χ4v) is 2.60. The van der Waals surface area contributed by atoms with Crippen LogP contribution in [0.5, 0.6) is 0 Å². The van der Waals surface area contributed by atoms with Crippen LogP contribution in [0.1, 0.15) is 18.8 Å². The molecule has 0 aromatic carbocycles. The van der Waals surface area contributed by atoms with E-state index in [4.69, 9.17) is 0 Å². The molecule has 0 saturated carbocycles. The summed E-state index contributed by atoms with van der Waals surface area (Å²) in [5.74, 6) is 0.547. The van der Waals surface area contributed by atoms with Crippen molar-refractivity contribution in [3.05, 3.63) is 43.0 Å². The quantitative estimate of drug-likeness (QED) is 0.484. The summed E-state index contributed by atoms with van der Waals surface area (Å²) in [6, 6.07) is 1.35. The zero-order valence-electron chi connectivity index (χ0n) is 14.1. The number of aromatic nitrogens is 7. The number of carbonyl (C=O) groups is 1. The summed E-state index contributed by atoms with van der Waals surface area (Å²) in [6.07, 6.45) is 5.28. The molecule has 3 heterocycles. The highest BCUT2D eigenvalue weighted by atomic mass is 32.2. The molecule has 146 valence electrons. The zero-order valence-corrected chi connectivity index (χ0v) is 14.9. The van der Waals surface area contributed by atoms with Crippen LogP contribution in [0.25, 0.3) is 5.95 Å². The van der Waals surface area contributed by atoms with Crippen molar-refractivity contribution in [3.63, 3.8) is 0 Å². The van der Waals surface area contributed by atoms with Crippen molar-refractivity contribution in [2.75, 3.05) is 5.32 Å². The number of halogens is 3. The van der Waals surface area contributed by atoms with E-state index < -0.39 is 29.3 Å². The van der Waals surface area contributed by atoms with Gasteiger partial charge in [-0.1, -0.05) is 0 Å². The van der Waals surface area contributed by atoms with Gasteiger partial charge in [0, 0.05) is 30.2 Å². The van der Waals surface area contributed by atoms with Crippen molar-refractivity contribution >= 4 is 23.6 Å². The molecule has 10 nitrogen and oxygen atoms in total. The van der Waals surface area contributed by atoms with Crippen LogP contribution in [-0.4, -0.2) is 46.2 Å². The number of alkyl halides is 3. The molecule has 14 heteroatoms. The van der Waals surface area contributed by atoms with Crippen molar-refractivity contribution in [2.24, 2.45) is 0 Å². The minimum absolute atomic E-state index is 0.0840. The maximum Gasteiger partial charge on any atom is 0.447 e. The van der Waals surface area contributed by atoms with E-state index in [-0.39, 0.29) is 16.8 Å². The normalized spacial score (nSPS) is 12.4. The van der Waals surface area contributed by atoms with E-state index in [2.05, 4.69) is 40.7 Å². The molecule has 3 rings (SSSR count). The maximum absolute atomic E-state index is 12.4. The molecule has 0 saturated heterocycles. The van der Waals surface area contributed by atoms with Gasteiger partial charge in [0.15, 0.2) is 5.82 Å². The molecule has 1 unspecified atom stereocenters. The number of urea groups is 1. The van der Waals surface area contributed by atoms with Crippen LogP contribution < -0.4 is 10.6 Å². The van der Waals surface area contributed by atoms with Gasteiger partial charge in [-0.2, -0.15) is 23.0 Å². The molecular formula is C14H12F3N9OS. The van der Waals surface area contributed by atoms with Crippen molar-refractivity contribution in [1.29, 1.82) is 0 Å². The Hall–Kier alpha value is -3.29. The third kappa shape index (κ3) is 5.12. The largest absolute Gasteiger partial charge is 0.447 e. The van der Waals surface area contributed by atoms with Crippen LogP contribution in [0.15, 0.2) is 42.2 Å². The second-order valence-electron chi connectivity index (χ2n) is 5.19. The van der Waals surface area contributed by atoms with Crippen LogP contribution in [0, 0.1) is 0 Å². The van der Waals surface area contributed by atoms with Crippen molar-refractivity contribution < 1.29 is 18.0 Å². The third-order valence-corrected chi connectivity index (χ3v) is 3.82. The van der Waals surface area contributed by atoms with Gasteiger partial charge < -0.3 is 5.32 Å². The van der Waals surface area contributed by atoms with E-state index in [0.29, 0.717) is 5.82 Å². The molecule has 0 fully saturated rings. The lowest BCUT2D eigenvalue weighted by atomic mass is 10.3. The minimum Gasteiger partial charge on any atom is -0.328 e. The fraction of sp³-hybridized carbons (Fsp3) is 0.214. The van der Waals surface area contributed by atoms with Gasteiger partial charge in [0.25, 0.3) is 5.95 Å². The Bertz CT molecular complexity index is 950. The molecule has 0 aliphatic heterocycles. The number of nitrogens with one attached hydrogen (secondary N) is 2. The van der Waals surface area contributed by atoms with E-state index in [9.17, 15) is 18.0 Å². The number of carbonyl (C=O) groups excluding carboxylic acids is 1. The molecule has 1 atom stereocenters. The van der Waals surface area contributed by atoms with E-state index in [1.807, 2.05) is 0 Å². The Balaban J connectivity index is 1.66. The molecule has 3 aromatic rings. The Labute approximate surface area is 160 Å². The second-order valence-corrected chi connectivity index (χ2v) is 6.27. The van der Waals surface area contributed by atoms with Gasteiger partial charge in [0.1, 0.15) is 23.5 Å². The molecule has 2 N–H and O–H groups in total. The Morgan fingerprint density at radius 1 is 1.14 bits per heavy atom. The van der Waals surface area contributed by atoms with Crippen LogP contribution in [0.4, 0.5) is 23.8 Å². The SMILES string of the molecule is CC(NC(=O)Nc1cc(SC(F)(F)F)ncn1)c1ncnn1-c1ncccn1. The molecule has 3 aromatic heterocycles. The van der Waals surface area contributed by atoms with Gasteiger partial charge in [-0.3, -0.25) is 5.32 Å². The average Bonchev–Trinajstić information content (AvgIpc) is 3.11. The number of nitrogens with zero attached hydrogens (tertiary/aromatic N) is 7. The summed E-state index contributed by atoms with van der Waals surface area (Å²) in [5, 5.41) is 8.62. The van der Waals surface area contributed by atoms with E-state index in [1.54, 1.807) is 13.0 Å². The number of amides is 2. The standard InChI is InChI=1S/C14H12F3N9OS/c1-8(11-22-7-23-26(11)12-18-3-2-4-19-12)24-13(27)25-9-5-10(21-6-20-9)28-14(15,16)17/h2-8H,1H3,(H2,20,21,24,25,27). The molecule has 2 amide bonds. The summed E-state index contributed by atoms with van der Waals surface area (Å²) in [7, 11) is 0. The van der Waals surface area contributed by atoms with Crippen LogP contribution in [-0.2, 0) is 0 Å². The Morgan fingerprint density at radius 2 is 1.89 bits per heavy atom. The Kier molecular flexibility index (Phi) is 5.67. The monoisotopic (exact) mass is 411 g/mol. The van der Waals surface area contributed by atoms with Crippen LogP contribution in [0.2, 0.25) is 0 Å². The molecule has 0 spiro atoms. The van der Waals surface area contributed by atoms with Crippen LogP contribution in [0.3, 0.4) is 0 Å². The van der Waals surface area contributed by atoms with Crippen molar-refractivity contribution in [1.82, 2.24) is 40.0 Å². The van der Waals surface area contributed by atoms with Gasteiger partial charge >= 0.3 is 11.5 Å². The lowest BCUT2D eigenvalue weighted by molar-refractivity contribution is -0.0329. The topological polar surface area (TPSA) is 123 Å². The molecule has 0 bridgehead atoms. The first-order chi connectivity index (χ1) is 13.3. The maximum atomic E-state index is 12.4. The first-order valence-corrected chi connectivity index (χ1v) is 8.46. The van der Waals surface area contributed by atoms with E-state index in [0.717, 1.165) is 12.4 Å². The van der Waals surface area contributed by atoms with Crippen molar-refractivity contribution in [3.8, 4) is 5.95 Å². The van der Waals surface area contributed by atoms with Gasteiger partial charge in [0.05, 0.1) is 6.04 Å². The summed E-state index contributed by atoms with van der Waals surface area (Å²) in [4.78, 5) is 31.6. The third-order valence-electron chi connectivity index (χ3n) is 3.15. The van der Waals surface area contributed by atoms with Crippen LogP contribution >= 0.6 is 11.8 Å². The highest BCUT2D eigenvalue weighted by molar-refractivity contribution is 8.00. The first-order valence-electron chi connectivity index (χ1n) is 7.64. The van der Waals surface area contributed by atoms with Crippen molar-refractivity contribution in [2.45, 2.75) is 23.5 Å². The molecule has 0 aliphatic rings. The molecule has 0 radical (unpaired) electrons. The summed E-state index contributed by atoms with van der Waals surface area (Å²) < 4.78 is 38.6. The average molecular weight is 411 g/mol. The number of hydrogen-bond acceptors (Lipinski definition) is 8. The Morgan fingerprint density at radius 3 is 2.61 bits per heavy atom. The fourth-order valence-electron chi connectivity index (χ4n) is 2.10. The number of thioether (sulfide) groups is 1. The highest BCUT2D eigenvalue weighted by Gasteiger charge is 2.30. The lowest BCUT2D eigenvalue weighted by Gasteiger charge is -2.14. The number of anilines is 1. The van der Waals surface area contributed by atoms with E-state index in [1.165, 1.54) is 23.4 Å². The predicted octanol–water partition coefficient (Wildman–Crippen LogP) is 2.34. The number of hydrogen-bond donors (Lipinski definition) is 2. The second kappa shape index (κ2) is 8.16. The molecular weight excluding hydrogens is 399 g/mol. The number of rotatable bonds is 5. The smallest absolute Gasteiger partial charge is 0.328 e. The van der Waals surface area contributed by atoms with Gasteiger partial charge in [0.2, 0.25) is 0 Å². The van der Waals surface area contributed by atoms with E-state index >= 15 is 0 Å². The first kappa shape index (κ1) is 19.5. The zero-order chi connectivity index (χ0) is 20.1. The summed E-state index contributed by atoms with van der Waals surface area (Å²) >= 11 is -0.405. The van der Waals surface area contributed by atoms with Gasteiger partial charge in [-0.15, -0.1) is 0 Å². The van der Waals surface area contributed by atoms with Gasteiger partial charge in [-0.25, -0.2) is 29.7 Å². The van der Waals surface area contributed by atoms with Gasteiger partial charge in [-0.05, 0) is 13.0 Å². The summed E-state index contributed by atoms with van der Waals surface area (Å²) in [5.41, 5.74) is -4.49. The lowest BCUT2D eigenvalue weighted by Crippen LogP contribution is -2.33. The summed E-state index contributed by atoms with van der Waals surface area (Å²) in [6.45, 7) is 1.65. The molecule has 0 aliphatic carbocycles. The highest BCUT2D eigenvalue weighted by Crippen LogP contribution is 2.35. The minimum atomic E-state index is -4.49.